The summed E-state index contributed by atoms with van der Waals surface area (Å²) in [7, 11) is -3.31. The van der Waals surface area contributed by atoms with E-state index in [9.17, 15) is 8.42 Å². The second-order valence-corrected chi connectivity index (χ2v) is 9.50. The van der Waals surface area contributed by atoms with Crippen LogP contribution in [-0.4, -0.2) is 19.8 Å². The molecule has 1 aliphatic carbocycles. The zero-order chi connectivity index (χ0) is 13.9. The summed E-state index contributed by atoms with van der Waals surface area (Å²) in [5.74, 6) is 0.481. The Morgan fingerprint density at radius 1 is 1.32 bits per heavy atom. The number of alkyl halides is 1. The Morgan fingerprint density at radius 3 is 2.58 bits per heavy atom. The molecular weight excluding hydrogens is 346 g/mol. The summed E-state index contributed by atoms with van der Waals surface area (Å²) in [6.45, 7) is 2.61. The van der Waals surface area contributed by atoms with Gasteiger partial charge in [-0.05, 0) is 50.2 Å². The predicted octanol–water partition coefficient (Wildman–Crippen LogP) is 3.54. The molecule has 1 aromatic heterocycles. The van der Waals surface area contributed by atoms with E-state index in [1.54, 1.807) is 6.07 Å². The molecule has 108 valence electrons. The van der Waals surface area contributed by atoms with Crippen LogP contribution in [0, 0.1) is 5.92 Å². The van der Waals surface area contributed by atoms with Crippen LogP contribution in [0.15, 0.2) is 16.3 Å². The number of aryl methyl sites for hydroxylation is 1. The van der Waals surface area contributed by atoms with Crippen molar-refractivity contribution in [1.29, 1.82) is 0 Å². The van der Waals surface area contributed by atoms with Gasteiger partial charge in [-0.2, -0.15) is 0 Å². The monoisotopic (exact) mass is 365 g/mol. The third kappa shape index (κ3) is 4.28. The van der Waals surface area contributed by atoms with E-state index in [0.29, 0.717) is 21.5 Å². The van der Waals surface area contributed by atoms with Gasteiger partial charge >= 0.3 is 0 Å². The van der Waals surface area contributed by atoms with Gasteiger partial charge in [-0.15, -0.1) is 11.3 Å². The highest BCUT2D eigenvalue weighted by Crippen LogP contribution is 2.29. The molecule has 1 aromatic rings. The van der Waals surface area contributed by atoms with E-state index >= 15 is 0 Å². The Hall–Kier alpha value is 0.0900. The lowest BCUT2D eigenvalue weighted by molar-refractivity contribution is 0.366. The number of sulfonamides is 1. The molecule has 6 heteroatoms. The molecule has 19 heavy (non-hydrogen) atoms. The van der Waals surface area contributed by atoms with Crippen molar-refractivity contribution in [3.63, 3.8) is 0 Å². The number of rotatable bonds is 5. The van der Waals surface area contributed by atoms with Crippen LogP contribution in [-0.2, 0) is 16.4 Å². The third-order valence-electron chi connectivity index (χ3n) is 3.59. The van der Waals surface area contributed by atoms with Gasteiger partial charge < -0.3 is 0 Å². The lowest BCUT2D eigenvalue weighted by Crippen LogP contribution is -2.31. The first-order valence-electron chi connectivity index (χ1n) is 6.73. The van der Waals surface area contributed by atoms with E-state index in [-0.39, 0.29) is 0 Å². The zero-order valence-corrected chi connectivity index (χ0v) is 14.3. The summed E-state index contributed by atoms with van der Waals surface area (Å²) < 4.78 is 27.5. The Balaban J connectivity index is 1.90. The Labute approximate surface area is 128 Å². The van der Waals surface area contributed by atoms with Crippen molar-refractivity contribution >= 4 is 37.3 Å². The largest absolute Gasteiger partial charge is 0.250 e. The summed E-state index contributed by atoms with van der Waals surface area (Å²) in [4.78, 5) is 1.73. The fraction of sp³-hybridized carbons (Fsp3) is 0.692. The Bertz CT molecular complexity index is 504. The van der Waals surface area contributed by atoms with E-state index in [2.05, 4.69) is 20.7 Å². The molecule has 1 saturated carbocycles. The molecule has 0 amide bonds. The van der Waals surface area contributed by atoms with Crippen molar-refractivity contribution in [2.24, 2.45) is 5.92 Å². The van der Waals surface area contributed by atoms with Gasteiger partial charge in [0.15, 0.2) is 0 Å². The highest BCUT2D eigenvalue weighted by Gasteiger charge is 2.22. The molecule has 0 aliphatic heterocycles. The third-order valence-corrected chi connectivity index (χ3v) is 7.65. The molecule has 0 aromatic carbocycles. The molecule has 1 fully saturated rings. The fourth-order valence-electron chi connectivity index (χ4n) is 2.32. The number of thiophene rings is 1. The first kappa shape index (κ1) is 15.5. The SMILES string of the molecule is CCc1ccc(S(=O)(=O)NCC2CCC(Br)CC2)s1. The van der Waals surface area contributed by atoms with Crippen LogP contribution in [0.3, 0.4) is 0 Å². The standard InChI is InChI=1S/C13H20BrNO2S2/c1-2-12-7-8-13(18-12)19(16,17)15-9-10-3-5-11(14)6-4-10/h7-8,10-11,15H,2-6,9H2,1H3. The van der Waals surface area contributed by atoms with Crippen molar-refractivity contribution in [2.75, 3.05) is 6.54 Å². The Morgan fingerprint density at radius 2 is 2.00 bits per heavy atom. The molecule has 1 aliphatic rings. The van der Waals surface area contributed by atoms with Gasteiger partial charge in [0.2, 0.25) is 10.0 Å². The minimum absolute atomic E-state index is 0.443. The molecule has 2 rings (SSSR count). The van der Waals surface area contributed by atoms with Gasteiger partial charge in [-0.1, -0.05) is 22.9 Å². The molecular formula is C13H20BrNO2S2. The van der Waals surface area contributed by atoms with Crippen LogP contribution in [0.25, 0.3) is 0 Å². The summed E-state index contributed by atoms with van der Waals surface area (Å²) in [5.41, 5.74) is 0. The lowest BCUT2D eigenvalue weighted by Gasteiger charge is -2.25. The van der Waals surface area contributed by atoms with Gasteiger partial charge in [-0.3, -0.25) is 0 Å². The second kappa shape index (κ2) is 6.70. The number of nitrogens with one attached hydrogen (secondary N) is 1. The number of hydrogen-bond donors (Lipinski definition) is 1. The van der Waals surface area contributed by atoms with E-state index in [4.69, 9.17) is 0 Å². The van der Waals surface area contributed by atoms with Gasteiger partial charge in [0.05, 0.1) is 0 Å². The second-order valence-electron chi connectivity index (χ2n) is 5.04. The average Bonchev–Trinajstić information content (AvgIpc) is 2.88. The minimum atomic E-state index is -3.31. The molecule has 0 radical (unpaired) electrons. The van der Waals surface area contributed by atoms with E-state index < -0.39 is 10.0 Å². The molecule has 0 bridgehead atoms. The normalized spacial score (nSPS) is 24.5. The maximum atomic E-state index is 12.2. The topological polar surface area (TPSA) is 46.2 Å². The first-order chi connectivity index (χ1) is 9.01. The van der Waals surface area contributed by atoms with Crippen LogP contribution in [0.1, 0.15) is 37.5 Å². The molecule has 0 unspecified atom stereocenters. The first-order valence-corrected chi connectivity index (χ1v) is 9.95. The van der Waals surface area contributed by atoms with Crippen LogP contribution in [0.5, 0.6) is 0 Å². The van der Waals surface area contributed by atoms with Crippen LogP contribution in [0.2, 0.25) is 0 Å². The summed E-state index contributed by atoms with van der Waals surface area (Å²) in [5, 5.41) is 0. The molecule has 1 heterocycles. The number of halogens is 1. The maximum Gasteiger partial charge on any atom is 0.250 e. The van der Waals surface area contributed by atoms with E-state index in [0.717, 1.165) is 37.0 Å². The van der Waals surface area contributed by atoms with Crippen LogP contribution in [0.4, 0.5) is 0 Å². The van der Waals surface area contributed by atoms with Gasteiger partial charge in [0.25, 0.3) is 0 Å². The molecule has 0 spiro atoms. The quantitative estimate of drug-likeness (QED) is 0.811. The van der Waals surface area contributed by atoms with Crippen LogP contribution < -0.4 is 4.72 Å². The van der Waals surface area contributed by atoms with Crippen molar-refractivity contribution in [3.05, 3.63) is 17.0 Å². The number of hydrogen-bond acceptors (Lipinski definition) is 3. The lowest BCUT2D eigenvalue weighted by atomic mass is 9.89. The van der Waals surface area contributed by atoms with E-state index in [1.807, 2.05) is 13.0 Å². The predicted molar refractivity (Wildman–Crippen MR) is 83.6 cm³/mol. The smallest absolute Gasteiger partial charge is 0.210 e. The molecule has 3 nitrogen and oxygen atoms in total. The van der Waals surface area contributed by atoms with Crippen molar-refractivity contribution < 1.29 is 8.42 Å². The van der Waals surface area contributed by atoms with Gasteiger partial charge in [0, 0.05) is 16.2 Å². The minimum Gasteiger partial charge on any atom is -0.210 e. The zero-order valence-electron chi connectivity index (χ0n) is 11.1. The van der Waals surface area contributed by atoms with Crippen LogP contribution >= 0.6 is 27.3 Å². The molecule has 0 atom stereocenters. The van der Waals surface area contributed by atoms with Crippen molar-refractivity contribution in [1.82, 2.24) is 4.72 Å². The molecule has 0 saturated heterocycles. The van der Waals surface area contributed by atoms with Crippen molar-refractivity contribution in [2.45, 2.75) is 48.1 Å². The summed E-state index contributed by atoms with van der Waals surface area (Å²) in [6, 6.07) is 3.61. The summed E-state index contributed by atoms with van der Waals surface area (Å²) >= 11 is 4.99. The van der Waals surface area contributed by atoms with Gasteiger partial charge in [-0.25, -0.2) is 13.1 Å². The van der Waals surface area contributed by atoms with Crippen molar-refractivity contribution in [3.8, 4) is 0 Å². The highest BCUT2D eigenvalue weighted by atomic mass is 79.9. The average molecular weight is 366 g/mol. The van der Waals surface area contributed by atoms with E-state index in [1.165, 1.54) is 11.3 Å². The highest BCUT2D eigenvalue weighted by molar-refractivity contribution is 9.09. The Kier molecular flexibility index (Phi) is 5.45. The fourth-order valence-corrected chi connectivity index (χ4v) is 5.30. The maximum absolute atomic E-state index is 12.2. The van der Waals surface area contributed by atoms with Gasteiger partial charge in [0.1, 0.15) is 4.21 Å². The summed E-state index contributed by atoms with van der Waals surface area (Å²) in [6.07, 6.45) is 5.37. The molecule has 1 N–H and O–H groups in total.